The quantitative estimate of drug-likeness (QED) is 0.721. The molecule has 2 rings (SSSR count). The first-order valence-electron chi connectivity index (χ1n) is 4.88. The molecule has 3 heteroatoms. The van der Waals surface area contributed by atoms with Crippen LogP contribution in [0.2, 0.25) is 0 Å². The molecule has 0 aliphatic carbocycles. The van der Waals surface area contributed by atoms with E-state index in [4.69, 9.17) is 0 Å². The zero-order valence-corrected chi connectivity index (χ0v) is 8.77. The van der Waals surface area contributed by atoms with Gasteiger partial charge in [-0.2, -0.15) is 0 Å². The summed E-state index contributed by atoms with van der Waals surface area (Å²) in [6.07, 6.45) is 3.80. The van der Waals surface area contributed by atoms with E-state index in [1.807, 2.05) is 13.0 Å². The third-order valence-corrected chi connectivity index (χ3v) is 2.34. The highest BCUT2D eigenvalue weighted by Crippen LogP contribution is 2.24. The minimum atomic E-state index is -0.495. The zero-order chi connectivity index (χ0) is 11.5. The van der Waals surface area contributed by atoms with Crippen LogP contribution in [0.4, 0.5) is 4.39 Å². The molecule has 1 heterocycles. The summed E-state index contributed by atoms with van der Waals surface area (Å²) in [6, 6.07) is 6.58. The minimum absolute atomic E-state index is 0.0685. The summed E-state index contributed by atoms with van der Waals surface area (Å²) in [5.41, 5.74) is 2.11. The Balaban J connectivity index is 2.60. The molecule has 0 amide bonds. The third kappa shape index (κ3) is 1.84. The van der Waals surface area contributed by atoms with Gasteiger partial charge in [-0.25, -0.2) is 4.39 Å². The summed E-state index contributed by atoms with van der Waals surface area (Å²) in [5.74, 6) is -0.495. The lowest BCUT2D eigenvalue weighted by atomic mass is 10.0. The predicted octanol–water partition coefficient (Wildman–Crippen LogP) is 3.01. The van der Waals surface area contributed by atoms with Gasteiger partial charge in [0.25, 0.3) is 0 Å². The van der Waals surface area contributed by atoms with E-state index in [-0.39, 0.29) is 5.56 Å². The second-order valence-electron chi connectivity index (χ2n) is 3.58. The molecule has 0 saturated heterocycles. The molecule has 2 aromatic rings. The fraction of sp³-hybridized carbons (Fsp3) is 0.0769. The molecule has 0 unspecified atom stereocenters. The highest BCUT2D eigenvalue weighted by atomic mass is 19.1. The van der Waals surface area contributed by atoms with Crippen LogP contribution in [-0.4, -0.2) is 11.3 Å². The topological polar surface area (TPSA) is 30.0 Å². The minimum Gasteiger partial charge on any atom is -0.298 e. The van der Waals surface area contributed by atoms with Crippen LogP contribution in [0.3, 0.4) is 0 Å². The molecular weight excluding hydrogens is 205 g/mol. The van der Waals surface area contributed by atoms with E-state index < -0.39 is 5.82 Å². The van der Waals surface area contributed by atoms with Crippen LogP contribution < -0.4 is 0 Å². The van der Waals surface area contributed by atoms with Crippen LogP contribution in [0.5, 0.6) is 0 Å². The van der Waals surface area contributed by atoms with Crippen molar-refractivity contribution in [1.82, 2.24) is 4.98 Å². The molecule has 16 heavy (non-hydrogen) atoms. The van der Waals surface area contributed by atoms with Gasteiger partial charge in [0.05, 0.1) is 5.56 Å². The molecule has 2 nitrogen and oxygen atoms in total. The number of aryl methyl sites for hydroxylation is 1. The van der Waals surface area contributed by atoms with Crippen molar-refractivity contribution in [2.24, 2.45) is 0 Å². The maximum absolute atomic E-state index is 13.8. The highest BCUT2D eigenvalue weighted by Gasteiger charge is 2.09. The van der Waals surface area contributed by atoms with E-state index in [1.165, 1.54) is 6.07 Å². The molecule has 0 fully saturated rings. The molecule has 0 N–H and O–H groups in total. The lowest BCUT2D eigenvalue weighted by Crippen LogP contribution is -1.92. The number of carbonyl (C=O) groups is 1. The third-order valence-electron chi connectivity index (χ3n) is 2.34. The van der Waals surface area contributed by atoms with Crippen molar-refractivity contribution >= 4 is 6.29 Å². The van der Waals surface area contributed by atoms with Gasteiger partial charge >= 0.3 is 0 Å². The van der Waals surface area contributed by atoms with Gasteiger partial charge < -0.3 is 0 Å². The lowest BCUT2D eigenvalue weighted by Gasteiger charge is -2.05. The first kappa shape index (κ1) is 10.5. The van der Waals surface area contributed by atoms with Gasteiger partial charge in [-0.15, -0.1) is 0 Å². The van der Waals surface area contributed by atoms with E-state index in [2.05, 4.69) is 4.98 Å². The van der Waals surface area contributed by atoms with E-state index in [1.54, 1.807) is 24.5 Å². The summed E-state index contributed by atoms with van der Waals surface area (Å²) >= 11 is 0. The van der Waals surface area contributed by atoms with Gasteiger partial charge in [0.2, 0.25) is 0 Å². The first-order valence-corrected chi connectivity index (χ1v) is 4.88. The van der Waals surface area contributed by atoms with Gasteiger partial charge in [-0.1, -0.05) is 12.1 Å². The van der Waals surface area contributed by atoms with Crippen LogP contribution in [0.1, 0.15) is 15.9 Å². The van der Waals surface area contributed by atoms with Crippen LogP contribution in [0.15, 0.2) is 36.7 Å². The Bertz CT molecular complexity index is 537. The van der Waals surface area contributed by atoms with Gasteiger partial charge in [-0.05, 0) is 24.6 Å². The lowest BCUT2D eigenvalue weighted by molar-refractivity contribution is 0.112. The SMILES string of the molecule is Cc1cncc(-c2cccc(C=O)c2F)c1. The molecule has 0 atom stereocenters. The Hall–Kier alpha value is -2.03. The standard InChI is InChI=1S/C13H10FNO/c1-9-5-11(7-15-6-9)12-4-2-3-10(8-16)13(12)14/h2-8H,1H3. The number of aldehydes is 1. The summed E-state index contributed by atoms with van der Waals surface area (Å²) in [6.45, 7) is 1.89. The molecule has 0 aliphatic heterocycles. The maximum atomic E-state index is 13.8. The molecule has 0 bridgehead atoms. The number of halogens is 1. The van der Waals surface area contributed by atoms with E-state index in [0.717, 1.165) is 5.56 Å². The van der Waals surface area contributed by atoms with Crippen molar-refractivity contribution < 1.29 is 9.18 Å². The molecule has 80 valence electrons. The van der Waals surface area contributed by atoms with E-state index in [9.17, 15) is 9.18 Å². The summed E-state index contributed by atoms with van der Waals surface area (Å²) < 4.78 is 13.8. The maximum Gasteiger partial charge on any atom is 0.153 e. The van der Waals surface area contributed by atoms with Crippen molar-refractivity contribution in [2.75, 3.05) is 0 Å². The molecule has 0 spiro atoms. The fourth-order valence-corrected chi connectivity index (χ4v) is 1.57. The second kappa shape index (κ2) is 4.23. The first-order chi connectivity index (χ1) is 7.72. The van der Waals surface area contributed by atoms with Crippen molar-refractivity contribution in [3.8, 4) is 11.1 Å². The number of nitrogens with zero attached hydrogens (tertiary/aromatic N) is 1. The molecule has 1 aromatic carbocycles. The normalized spacial score (nSPS) is 10.1. The van der Waals surface area contributed by atoms with Crippen LogP contribution in [-0.2, 0) is 0 Å². The van der Waals surface area contributed by atoms with Crippen molar-refractivity contribution in [3.05, 3.63) is 53.6 Å². The number of benzene rings is 1. The summed E-state index contributed by atoms with van der Waals surface area (Å²) in [5, 5.41) is 0. The number of pyridine rings is 1. The Kier molecular flexibility index (Phi) is 2.77. The smallest absolute Gasteiger partial charge is 0.153 e. The van der Waals surface area contributed by atoms with Gasteiger partial charge in [0.15, 0.2) is 6.29 Å². The average Bonchev–Trinajstić information content (AvgIpc) is 2.29. The largest absolute Gasteiger partial charge is 0.298 e. The van der Waals surface area contributed by atoms with E-state index in [0.29, 0.717) is 17.4 Å². The number of hydrogen-bond donors (Lipinski definition) is 0. The number of rotatable bonds is 2. The van der Waals surface area contributed by atoms with Crippen LogP contribution >= 0.6 is 0 Å². The Morgan fingerprint density at radius 2 is 2.12 bits per heavy atom. The summed E-state index contributed by atoms with van der Waals surface area (Å²) in [4.78, 5) is 14.6. The van der Waals surface area contributed by atoms with Crippen LogP contribution in [0.25, 0.3) is 11.1 Å². The Morgan fingerprint density at radius 1 is 1.31 bits per heavy atom. The van der Waals surface area contributed by atoms with Gasteiger partial charge in [0, 0.05) is 23.5 Å². The Labute approximate surface area is 92.8 Å². The number of carbonyl (C=O) groups excluding carboxylic acids is 1. The highest BCUT2D eigenvalue weighted by molar-refractivity contribution is 5.79. The zero-order valence-electron chi connectivity index (χ0n) is 8.77. The Morgan fingerprint density at radius 3 is 2.81 bits per heavy atom. The molecule has 0 aliphatic rings. The van der Waals surface area contributed by atoms with Crippen LogP contribution in [0, 0.1) is 12.7 Å². The summed E-state index contributed by atoms with van der Waals surface area (Å²) in [7, 11) is 0. The molecule has 0 saturated carbocycles. The fourth-order valence-electron chi connectivity index (χ4n) is 1.57. The molecule has 1 aromatic heterocycles. The van der Waals surface area contributed by atoms with Crippen molar-refractivity contribution in [2.45, 2.75) is 6.92 Å². The number of aromatic nitrogens is 1. The van der Waals surface area contributed by atoms with Gasteiger partial charge in [-0.3, -0.25) is 9.78 Å². The van der Waals surface area contributed by atoms with E-state index >= 15 is 0 Å². The number of hydrogen-bond acceptors (Lipinski definition) is 2. The van der Waals surface area contributed by atoms with Crippen molar-refractivity contribution in [1.29, 1.82) is 0 Å². The average molecular weight is 215 g/mol. The second-order valence-corrected chi connectivity index (χ2v) is 3.58. The molecular formula is C13H10FNO. The predicted molar refractivity (Wildman–Crippen MR) is 59.8 cm³/mol. The monoisotopic (exact) mass is 215 g/mol. The molecule has 0 radical (unpaired) electrons. The van der Waals surface area contributed by atoms with Gasteiger partial charge in [0.1, 0.15) is 5.82 Å². The van der Waals surface area contributed by atoms with Crippen molar-refractivity contribution in [3.63, 3.8) is 0 Å².